The molecular formula is C20H19F3IN3O3. The molecule has 0 saturated carbocycles. The molecule has 0 radical (unpaired) electrons. The number of ketones is 1. The lowest BCUT2D eigenvalue weighted by atomic mass is 9.76. The van der Waals surface area contributed by atoms with Gasteiger partial charge < -0.3 is 21.1 Å². The molecule has 0 aromatic heterocycles. The topological polar surface area (TPSA) is 90.5 Å². The molecule has 3 atom stereocenters. The summed E-state index contributed by atoms with van der Waals surface area (Å²) in [5, 5.41) is 18.6. The zero-order valence-electron chi connectivity index (χ0n) is 16.0. The van der Waals surface area contributed by atoms with E-state index < -0.39 is 52.5 Å². The number of Topliss-reactive ketones (excluding diaryl/α,β-unsaturated/α-hetero) is 1. The summed E-state index contributed by atoms with van der Waals surface area (Å²) in [5.41, 5.74) is -2.57. The largest absolute Gasteiger partial charge is 0.384 e. The third kappa shape index (κ3) is 4.16. The molecule has 2 aromatic carbocycles. The third-order valence-electron chi connectivity index (χ3n) is 5.07. The van der Waals surface area contributed by atoms with Crippen molar-refractivity contribution >= 4 is 45.7 Å². The Bertz CT molecular complexity index is 1020. The van der Waals surface area contributed by atoms with Gasteiger partial charge in [-0.3, -0.25) is 9.59 Å². The lowest BCUT2D eigenvalue weighted by Crippen LogP contribution is -2.77. The van der Waals surface area contributed by atoms with Crippen LogP contribution in [0.25, 0.3) is 0 Å². The zero-order valence-corrected chi connectivity index (χ0v) is 18.2. The van der Waals surface area contributed by atoms with Crippen molar-refractivity contribution in [3.8, 4) is 0 Å². The van der Waals surface area contributed by atoms with Crippen molar-refractivity contribution < 1.29 is 27.9 Å². The fourth-order valence-corrected chi connectivity index (χ4v) is 3.78. The molecule has 0 bridgehead atoms. The molecule has 4 N–H and O–H groups in total. The highest BCUT2D eigenvalue weighted by Gasteiger charge is 2.53. The first-order valence-corrected chi connectivity index (χ1v) is 10.1. The summed E-state index contributed by atoms with van der Waals surface area (Å²) in [5.74, 6) is -4.40. The summed E-state index contributed by atoms with van der Waals surface area (Å²) in [4.78, 5) is 24.4. The molecule has 1 heterocycles. The van der Waals surface area contributed by atoms with E-state index in [9.17, 15) is 27.9 Å². The SMILES string of the molecule is CC(=O)NC(C)C1(O)CNC1C(=O)c1ccc(F)c(F)c1Nc1ccc(I)cc1F. The second-order valence-electron chi connectivity index (χ2n) is 7.12. The van der Waals surface area contributed by atoms with Crippen LogP contribution in [0, 0.1) is 21.0 Å². The molecule has 10 heteroatoms. The first kappa shape index (κ1) is 22.5. The molecule has 0 aliphatic carbocycles. The molecule has 6 nitrogen and oxygen atoms in total. The van der Waals surface area contributed by atoms with Gasteiger partial charge in [-0.05, 0) is 59.8 Å². The van der Waals surface area contributed by atoms with Gasteiger partial charge in [0.2, 0.25) is 5.91 Å². The smallest absolute Gasteiger partial charge is 0.217 e. The van der Waals surface area contributed by atoms with Gasteiger partial charge in [-0.25, -0.2) is 13.2 Å². The summed E-state index contributed by atoms with van der Waals surface area (Å²) in [7, 11) is 0. The number of carbonyl (C=O) groups excluding carboxylic acids is 2. The summed E-state index contributed by atoms with van der Waals surface area (Å²) < 4.78 is 43.3. The monoisotopic (exact) mass is 533 g/mol. The van der Waals surface area contributed by atoms with E-state index in [4.69, 9.17) is 0 Å². The molecule has 0 spiro atoms. The average Bonchev–Trinajstić information content (AvgIpc) is 2.65. The number of anilines is 2. The van der Waals surface area contributed by atoms with E-state index in [2.05, 4.69) is 16.0 Å². The molecule has 160 valence electrons. The number of nitrogens with one attached hydrogen (secondary N) is 3. The van der Waals surface area contributed by atoms with Crippen molar-refractivity contribution in [2.24, 2.45) is 0 Å². The van der Waals surface area contributed by atoms with Gasteiger partial charge >= 0.3 is 0 Å². The number of rotatable bonds is 6. The predicted octanol–water partition coefficient (Wildman–Crippen LogP) is 2.86. The van der Waals surface area contributed by atoms with Crippen LogP contribution in [0.1, 0.15) is 24.2 Å². The van der Waals surface area contributed by atoms with Crippen LogP contribution in [0.15, 0.2) is 30.3 Å². The van der Waals surface area contributed by atoms with Crippen molar-refractivity contribution in [1.82, 2.24) is 10.6 Å². The minimum Gasteiger partial charge on any atom is -0.384 e. The number of hydrogen-bond donors (Lipinski definition) is 4. The lowest BCUT2D eigenvalue weighted by Gasteiger charge is -2.49. The molecule has 1 aliphatic rings. The maximum absolute atomic E-state index is 14.6. The van der Waals surface area contributed by atoms with Crippen LogP contribution in [-0.2, 0) is 4.79 Å². The maximum atomic E-state index is 14.6. The number of amides is 1. The van der Waals surface area contributed by atoms with Crippen LogP contribution in [0.4, 0.5) is 24.5 Å². The van der Waals surface area contributed by atoms with Gasteiger partial charge in [0.1, 0.15) is 17.5 Å². The van der Waals surface area contributed by atoms with E-state index in [-0.39, 0.29) is 17.8 Å². The highest BCUT2D eigenvalue weighted by atomic mass is 127. The maximum Gasteiger partial charge on any atom is 0.217 e. The standard InChI is InChI=1S/C20H19F3IN3O3/c1-9(26-10(2)28)20(30)8-25-19(20)18(29)12-4-5-13(21)16(23)17(12)27-15-6-3-11(24)7-14(15)22/h3-7,9,19,25,27,30H,8H2,1-2H3,(H,26,28). The van der Waals surface area contributed by atoms with Crippen molar-refractivity contribution in [1.29, 1.82) is 0 Å². The van der Waals surface area contributed by atoms with Gasteiger partial charge in [-0.2, -0.15) is 0 Å². The highest BCUT2D eigenvalue weighted by Crippen LogP contribution is 2.33. The van der Waals surface area contributed by atoms with Crippen LogP contribution < -0.4 is 16.0 Å². The molecular weight excluding hydrogens is 514 g/mol. The molecule has 1 amide bonds. The van der Waals surface area contributed by atoms with Crippen molar-refractivity contribution in [3.05, 3.63) is 56.9 Å². The first-order valence-electron chi connectivity index (χ1n) is 9.01. The quantitative estimate of drug-likeness (QED) is 0.339. The van der Waals surface area contributed by atoms with Crippen LogP contribution in [0.2, 0.25) is 0 Å². The number of halogens is 4. The molecule has 30 heavy (non-hydrogen) atoms. The Morgan fingerprint density at radius 3 is 2.50 bits per heavy atom. The number of benzene rings is 2. The van der Waals surface area contributed by atoms with E-state index in [1.165, 1.54) is 26.0 Å². The Balaban J connectivity index is 1.97. The minimum absolute atomic E-state index is 0.0169. The Morgan fingerprint density at radius 2 is 1.93 bits per heavy atom. The summed E-state index contributed by atoms with van der Waals surface area (Å²) >= 11 is 1.90. The molecule has 1 saturated heterocycles. The van der Waals surface area contributed by atoms with Crippen LogP contribution >= 0.6 is 22.6 Å². The fraction of sp³-hybridized carbons (Fsp3) is 0.300. The van der Waals surface area contributed by atoms with Crippen molar-refractivity contribution in [3.63, 3.8) is 0 Å². The average molecular weight is 533 g/mol. The zero-order chi connectivity index (χ0) is 22.2. The second-order valence-corrected chi connectivity index (χ2v) is 8.37. The van der Waals surface area contributed by atoms with Crippen LogP contribution in [0.3, 0.4) is 0 Å². The fourth-order valence-electron chi connectivity index (χ4n) is 3.33. The first-order chi connectivity index (χ1) is 14.0. The highest BCUT2D eigenvalue weighted by molar-refractivity contribution is 14.1. The molecule has 2 aromatic rings. The minimum atomic E-state index is -1.63. The summed E-state index contributed by atoms with van der Waals surface area (Å²) in [6.07, 6.45) is 0. The van der Waals surface area contributed by atoms with Crippen molar-refractivity contribution in [2.45, 2.75) is 31.5 Å². The predicted molar refractivity (Wildman–Crippen MR) is 113 cm³/mol. The second kappa shape index (κ2) is 8.52. The van der Waals surface area contributed by atoms with Gasteiger partial charge in [-0.15, -0.1) is 0 Å². The number of aliphatic hydroxyl groups is 1. The Kier molecular flexibility index (Phi) is 6.39. The van der Waals surface area contributed by atoms with E-state index in [1.54, 1.807) is 6.07 Å². The van der Waals surface area contributed by atoms with Gasteiger partial charge in [0.25, 0.3) is 0 Å². The number of β-amino-alcohol motifs (C(OH)–C–C–N with tert-alkyl or cyclic N) is 1. The Hall–Kier alpha value is -2.18. The molecule has 1 aliphatic heterocycles. The summed E-state index contributed by atoms with van der Waals surface area (Å²) in [6.45, 7) is 2.83. The Morgan fingerprint density at radius 1 is 1.23 bits per heavy atom. The molecule has 1 fully saturated rings. The Labute approximate surface area is 184 Å². The van der Waals surface area contributed by atoms with Gasteiger partial charge in [0, 0.05) is 22.6 Å². The van der Waals surface area contributed by atoms with E-state index >= 15 is 0 Å². The molecule has 3 unspecified atom stereocenters. The van der Waals surface area contributed by atoms with Gasteiger partial charge in [0.15, 0.2) is 17.4 Å². The normalized spacial score (nSPS) is 21.5. The van der Waals surface area contributed by atoms with Gasteiger partial charge in [0.05, 0.1) is 17.4 Å². The summed E-state index contributed by atoms with van der Waals surface area (Å²) in [6, 6.07) is 4.00. The third-order valence-corrected chi connectivity index (χ3v) is 5.74. The lowest BCUT2D eigenvalue weighted by molar-refractivity contribution is -0.124. The van der Waals surface area contributed by atoms with E-state index in [0.29, 0.717) is 3.57 Å². The van der Waals surface area contributed by atoms with Crippen LogP contribution in [0.5, 0.6) is 0 Å². The van der Waals surface area contributed by atoms with Crippen molar-refractivity contribution in [2.75, 3.05) is 11.9 Å². The van der Waals surface area contributed by atoms with Gasteiger partial charge in [-0.1, -0.05) is 0 Å². The molecule has 3 rings (SSSR count). The van der Waals surface area contributed by atoms with E-state index in [1.807, 2.05) is 22.6 Å². The number of carbonyl (C=O) groups is 2. The van der Waals surface area contributed by atoms with Crippen LogP contribution in [-0.4, -0.2) is 41.0 Å². The van der Waals surface area contributed by atoms with E-state index in [0.717, 1.165) is 12.1 Å². The number of hydrogen-bond acceptors (Lipinski definition) is 5.